The quantitative estimate of drug-likeness (QED) is 0.896. The molecule has 1 aromatic rings. The van der Waals surface area contributed by atoms with E-state index in [1.165, 1.54) is 30.4 Å². The SMILES string of the molecule is CC1CCC(N2Cc3ccc(C(=O)O)cc3C2)CC1C. The molecule has 108 valence electrons. The normalized spacial score (nSPS) is 30.2. The van der Waals surface area contributed by atoms with Gasteiger partial charge in [-0.3, -0.25) is 4.90 Å². The zero-order valence-electron chi connectivity index (χ0n) is 12.3. The first-order chi connectivity index (χ1) is 9.54. The number of fused-ring (bicyclic) bond motifs is 1. The molecule has 0 amide bonds. The van der Waals surface area contributed by atoms with Gasteiger partial charge in [-0.05, 0) is 54.4 Å². The van der Waals surface area contributed by atoms with E-state index in [-0.39, 0.29) is 0 Å². The van der Waals surface area contributed by atoms with Crippen molar-refractivity contribution in [2.24, 2.45) is 11.8 Å². The number of benzene rings is 1. The van der Waals surface area contributed by atoms with Gasteiger partial charge in [0.05, 0.1) is 5.56 Å². The van der Waals surface area contributed by atoms with E-state index >= 15 is 0 Å². The Morgan fingerprint density at radius 2 is 1.90 bits per heavy atom. The molecule has 3 rings (SSSR count). The van der Waals surface area contributed by atoms with Crippen LogP contribution in [0.25, 0.3) is 0 Å². The van der Waals surface area contributed by atoms with Gasteiger partial charge in [0.25, 0.3) is 0 Å². The van der Waals surface area contributed by atoms with Gasteiger partial charge in [-0.1, -0.05) is 19.9 Å². The predicted octanol–water partition coefficient (Wildman–Crippen LogP) is 3.53. The van der Waals surface area contributed by atoms with Crippen LogP contribution in [0.15, 0.2) is 18.2 Å². The zero-order chi connectivity index (χ0) is 14.3. The van der Waals surface area contributed by atoms with Gasteiger partial charge in [-0.2, -0.15) is 0 Å². The standard InChI is InChI=1S/C17H23NO2/c1-11-3-6-16(7-12(11)2)18-9-14-5-4-13(17(19)20)8-15(14)10-18/h4-5,8,11-12,16H,3,6-7,9-10H2,1-2H3,(H,19,20). The maximum absolute atomic E-state index is 11.0. The lowest BCUT2D eigenvalue weighted by atomic mass is 9.78. The Balaban J connectivity index is 1.72. The molecule has 20 heavy (non-hydrogen) atoms. The molecule has 0 aromatic heterocycles. The summed E-state index contributed by atoms with van der Waals surface area (Å²) in [5.74, 6) is 0.813. The summed E-state index contributed by atoms with van der Waals surface area (Å²) in [7, 11) is 0. The summed E-state index contributed by atoms with van der Waals surface area (Å²) < 4.78 is 0. The van der Waals surface area contributed by atoms with Crippen molar-refractivity contribution in [2.75, 3.05) is 0 Å². The maximum atomic E-state index is 11.0. The Morgan fingerprint density at radius 1 is 1.15 bits per heavy atom. The molecule has 3 unspecified atom stereocenters. The Labute approximate surface area is 120 Å². The first-order valence-electron chi connectivity index (χ1n) is 7.63. The molecule has 1 heterocycles. The van der Waals surface area contributed by atoms with Gasteiger partial charge in [0.15, 0.2) is 0 Å². The molecule has 1 aromatic carbocycles. The van der Waals surface area contributed by atoms with Gasteiger partial charge in [0.1, 0.15) is 0 Å². The van der Waals surface area contributed by atoms with Gasteiger partial charge in [0.2, 0.25) is 0 Å². The number of hydrogen-bond acceptors (Lipinski definition) is 2. The highest BCUT2D eigenvalue weighted by Crippen LogP contribution is 2.36. The second-order valence-electron chi connectivity index (χ2n) is 6.62. The van der Waals surface area contributed by atoms with Gasteiger partial charge in [0, 0.05) is 19.1 Å². The second-order valence-corrected chi connectivity index (χ2v) is 6.62. The summed E-state index contributed by atoms with van der Waals surface area (Å²) in [4.78, 5) is 13.6. The molecule has 3 nitrogen and oxygen atoms in total. The Hall–Kier alpha value is -1.35. The fraction of sp³-hybridized carbons (Fsp3) is 0.588. The Bertz CT molecular complexity index is 526. The van der Waals surface area contributed by atoms with Crippen LogP contribution in [0.4, 0.5) is 0 Å². The van der Waals surface area contributed by atoms with Crippen molar-refractivity contribution >= 4 is 5.97 Å². The lowest BCUT2D eigenvalue weighted by Gasteiger charge is -2.37. The number of nitrogens with zero attached hydrogens (tertiary/aromatic N) is 1. The summed E-state index contributed by atoms with van der Waals surface area (Å²) in [6.07, 6.45) is 3.88. The minimum absolute atomic E-state index is 0.413. The molecule has 1 saturated carbocycles. The number of carboxylic acid groups (broad SMARTS) is 1. The largest absolute Gasteiger partial charge is 0.478 e. The summed E-state index contributed by atoms with van der Waals surface area (Å²) in [5, 5.41) is 9.08. The highest BCUT2D eigenvalue weighted by molar-refractivity contribution is 5.87. The third kappa shape index (κ3) is 2.47. The van der Waals surface area contributed by atoms with E-state index in [0.717, 1.165) is 24.9 Å². The molecular weight excluding hydrogens is 250 g/mol. The van der Waals surface area contributed by atoms with Crippen LogP contribution in [0, 0.1) is 11.8 Å². The van der Waals surface area contributed by atoms with E-state index in [1.54, 1.807) is 6.07 Å². The molecule has 0 radical (unpaired) electrons. The van der Waals surface area contributed by atoms with Crippen LogP contribution in [-0.4, -0.2) is 22.0 Å². The van der Waals surface area contributed by atoms with Crippen LogP contribution in [0.5, 0.6) is 0 Å². The van der Waals surface area contributed by atoms with E-state index < -0.39 is 5.97 Å². The lowest BCUT2D eigenvalue weighted by Crippen LogP contribution is -2.37. The van der Waals surface area contributed by atoms with Gasteiger partial charge in [-0.15, -0.1) is 0 Å². The van der Waals surface area contributed by atoms with Crippen LogP contribution in [-0.2, 0) is 13.1 Å². The molecule has 3 atom stereocenters. The third-order valence-corrected chi connectivity index (χ3v) is 5.29. The highest BCUT2D eigenvalue weighted by Gasteiger charge is 2.31. The van der Waals surface area contributed by atoms with E-state index in [1.807, 2.05) is 12.1 Å². The first kappa shape index (κ1) is 13.6. The summed E-state index contributed by atoms with van der Waals surface area (Å²) >= 11 is 0. The van der Waals surface area contributed by atoms with Crippen molar-refractivity contribution in [3.05, 3.63) is 34.9 Å². The summed E-state index contributed by atoms with van der Waals surface area (Å²) in [6, 6.07) is 6.25. The summed E-state index contributed by atoms with van der Waals surface area (Å²) in [5.41, 5.74) is 2.92. The minimum Gasteiger partial charge on any atom is -0.478 e. The van der Waals surface area contributed by atoms with Gasteiger partial charge >= 0.3 is 5.97 Å². The molecule has 2 aliphatic rings. The van der Waals surface area contributed by atoms with Crippen LogP contribution in [0.2, 0.25) is 0 Å². The monoisotopic (exact) mass is 273 g/mol. The Kier molecular flexibility index (Phi) is 3.55. The molecule has 1 fully saturated rings. The fourth-order valence-corrected chi connectivity index (χ4v) is 3.66. The van der Waals surface area contributed by atoms with Crippen LogP contribution in [0.1, 0.15) is 54.6 Å². The lowest BCUT2D eigenvalue weighted by molar-refractivity contribution is 0.0696. The molecule has 1 aliphatic heterocycles. The molecule has 1 aliphatic carbocycles. The number of aromatic carboxylic acids is 1. The van der Waals surface area contributed by atoms with Crippen molar-refractivity contribution in [2.45, 2.75) is 52.2 Å². The van der Waals surface area contributed by atoms with E-state index in [4.69, 9.17) is 5.11 Å². The third-order valence-electron chi connectivity index (χ3n) is 5.29. The molecular formula is C17H23NO2. The van der Waals surface area contributed by atoms with E-state index in [0.29, 0.717) is 11.6 Å². The topological polar surface area (TPSA) is 40.5 Å². The summed E-state index contributed by atoms with van der Waals surface area (Å²) in [6.45, 7) is 6.63. The smallest absolute Gasteiger partial charge is 0.335 e. The van der Waals surface area contributed by atoms with Crippen LogP contribution >= 0.6 is 0 Å². The number of rotatable bonds is 2. The zero-order valence-corrected chi connectivity index (χ0v) is 12.3. The molecule has 3 heteroatoms. The molecule has 0 spiro atoms. The number of carboxylic acids is 1. The molecule has 0 bridgehead atoms. The van der Waals surface area contributed by atoms with Gasteiger partial charge < -0.3 is 5.11 Å². The fourth-order valence-electron chi connectivity index (χ4n) is 3.66. The minimum atomic E-state index is -0.827. The van der Waals surface area contributed by atoms with Crippen molar-refractivity contribution in [3.8, 4) is 0 Å². The van der Waals surface area contributed by atoms with Crippen molar-refractivity contribution in [3.63, 3.8) is 0 Å². The number of carbonyl (C=O) groups is 1. The number of hydrogen-bond donors (Lipinski definition) is 1. The van der Waals surface area contributed by atoms with Crippen molar-refractivity contribution in [1.29, 1.82) is 0 Å². The first-order valence-corrected chi connectivity index (χ1v) is 7.63. The maximum Gasteiger partial charge on any atom is 0.335 e. The van der Waals surface area contributed by atoms with Crippen molar-refractivity contribution < 1.29 is 9.90 Å². The second kappa shape index (κ2) is 5.21. The van der Waals surface area contributed by atoms with E-state index in [2.05, 4.69) is 18.7 Å². The average molecular weight is 273 g/mol. The molecule has 1 N–H and O–H groups in total. The average Bonchev–Trinajstić information content (AvgIpc) is 2.84. The highest BCUT2D eigenvalue weighted by atomic mass is 16.4. The predicted molar refractivity (Wildman–Crippen MR) is 78.6 cm³/mol. The molecule has 0 saturated heterocycles. The van der Waals surface area contributed by atoms with Crippen molar-refractivity contribution in [1.82, 2.24) is 4.90 Å². The van der Waals surface area contributed by atoms with Crippen LogP contribution in [0.3, 0.4) is 0 Å². The Morgan fingerprint density at radius 3 is 2.60 bits per heavy atom. The van der Waals surface area contributed by atoms with E-state index in [9.17, 15) is 4.79 Å². The van der Waals surface area contributed by atoms with Gasteiger partial charge in [-0.25, -0.2) is 4.79 Å². The van der Waals surface area contributed by atoms with Crippen LogP contribution < -0.4 is 0 Å².